The van der Waals surface area contributed by atoms with Crippen molar-refractivity contribution < 1.29 is 9.84 Å². The van der Waals surface area contributed by atoms with Gasteiger partial charge in [-0.15, -0.1) is 0 Å². The molecule has 0 radical (unpaired) electrons. The van der Waals surface area contributed by atoms with Crippen LogP contribution in [-0.2, 0) is 6.61 Å². The Kier molecular flexibility index (Phi) is 4.03. The Bertz CT molecular complexity index is 904. The van der Waals surface area contributed by atoms with Gasteiger partial charge in [-0.05, 0) is 53.2 Å². The molecule has 0 fully saturated rings. The Morgan fingerprint density at radius 1 is 1.35 bits per heavy atom. The van der Waals surface area contributed by atoms with Crippen LogP contribution in [0, 0.1) is 6.92 Å². The summed E-state index contributed by atoms with van der Waals surface area (Å²) in [6.07, 6.45) is 0. The fraction of sp³-hybridized carbons (Fsp3) is 0.133. The van der Waals surface area contributed by atoms with Crippen molar-refractivity contribution in [3.63, 3.8) is 0 Å². The van der Waals surface area contributed by atoms with Crippen molar-refractivity contribution in [3.8, 4) is 17.2 Å². The van der Waals surface area contributed by atoms with Gasteiger partial charge in [0.25, 0.3) is 0 Å². The number of hydrogen-bond donors (Lipinski definition) is 2. The van der Waals surface area contributed by atoms with E-state index in [0.717, 1.165) is 10.2 Å². The first-order valence-electron chi connectivity index (χ1n) is 6.77. The molecule has 2 aromatic carbocycles. The topological polar surface area (TPSA) is 93.0 Å². The SMILES string of the molecule is Cc1cc(O)ccc1OCc1c(Cl)cccc1-n1nn[nH]c1=O. The summed E-state index contributed by atoms with van der Waals surface area (Å²) in [7, 11) is 0. The minimum atomic E-state index is -0.464. The molecule has 8 heteroatoms. The van der Waals surface area contributed by atoms with Gasteiger partial charge < -0.3 is 9.84 Å². The third-order valence-electron chi connectivity index (χ3n) is 3.33. The van der Waals surface area contributed by atoms with E-state index in [9.17, 15) is 9.90 Å². The van der Waals surface area contributed by atoms with E-state index in [1.165, 1.54) is 6.07 Å². The van der Waals surface area contributed by atoms with Crippen LogP contribution in [0.2, 0.25) is 5.02 Å². The highest BCUT2D eigenvalue weighted by Crippen LogP contribution is 2.27. The molecule has 0 unspecified atom stereocenters. The molecule has 1 aromatic heterocycles. The average Bonchev–Trinajstić information content (AvgIpc) is 2.93. The van der Waals surface area contributed by atoms with Crippen molar-refractivity contribution in [2.75, 3.05) is 0 Å². The number of hydrogen-bond acceptors (Lipinski definition) is 5. The van der Waals surface area contributed by atoms with Gasteiger partial charge >= 0.3 is 5.69 Å². The highest BCUT2D eigenvalue weighted by Gasteiger charge is 2.13. The standard InChI is InChI=1S/C15H13ClN4O3/c1-9-7-10(21)5-6-14(9)23-8-11-12(16)3-2-4-13(11)20-15(22)17-18-19-20/h2-7,21H,8H2,1H3,(H,17,19,22). The lowest BCUT2D eigenvalue weighted by Crippen LogP contribution is -2.18. The highest BCUT2D eigenvalue weighted by atomic mass is 35.5. The number of halogens is 1. The number of aryl methyl sites for hydroxylation is 1. The minimum Gasteiger partial charge on any atom is -0.508 e. The van der Waals surface area contributed by atoms with Crippen molar-refractivity contribution in [1.82, 2.24) is 20.2 Å². The number of phenols is 1. The van der Waals surface area contributed by atoms with Crippen LogP contribution >= 0.6 is 11.6 Å². The molecule has 0 aliphatic carbocycles. The number of H-pyrrole nitrogens is 1. The van der Waals surface area contributed by atoms with Crippen LogP contribution in [0.25, 0.3) is 5.69 Å². The van der Waals surface area contributed by atoms with Crippen LogP contribution in [0.5, 0.6) is 11.5 Å². The lowest BCUT2D eigenvalue weighted by atomic mass is 10.2. The molecule has 3 aromatic rings. The van der Waals surface area contributed by atoms with Crippen LogP contribution in [0.1, 0.15) is 11.1 Å². The van der Waals surface area contributed by atoms with Crippen LogP contribution in [0.15, 0.2) is 41.2 Å². The second-order valence-corrected chi connectivity index (χ2v) is 5.30. The quantitative estimate of drug-likeness (QED) is 0.764. The predicted octanol–water partition coefficient (Wildman–Crippen LogP) is 2.20. The number of ether oxygens (including phenoxy) is 1. The lowest BCUT2D eigenvalue weighted by molar-refractivity contribution is 0.303. The molecule has 0 aliphatic heterocycles. The summed E-state index contributed by atoms with van der Waals surface area (Å²) in [5, 5.41) is 19.3. The second-order valence-electron chi connectivity index (χ2n) is 4.89. The van der Waals surface area contributed by atoms with Gasteiger partial charge in [-0.3, -0.25) is 0 Å². The lowest BCUT2D eigenvalue weighted by Gasteiger charge is -2.13. The molecule has 0 saturated carbocycles. The van der Waals surface area contributed by atoms with E-state index >= 15 is 0 Å². The summed E-state index contributed by atoms with van der Waals surface area (Å²) in [6.45, 7) is 1.96. The summed E-state index contributed by atoms with van der Waals surface area (Å²) < 4.78 is 6.89. The molecule has 0 bridgehead atoms. The first kappa shape index (κ1) is 15.1. The normalized spacial score (nSPS) is 10.7. The second kappa shape index (κ2) is 6.13. The Labute approximate surface area is 136 Å². The molecule has 1 heterocycles. The highest BCUT2D eigenvalue weighted by molar-refractivity contribution is 6.31. The zero-order valence-electron chi connectivity index (χ0n) is 12.2. The molecule has 0 saturated heterocycles. The maximum atomic E-state index is 11.7. The smallest absolute Gasteiger partial charge is 0.365 e. The van der Waals surface area contributed by atoms with Gasteiger partial charge in [0.05, 0.1) is 5.69 Å². The fourth-order valence-electron chi connectivity index (χ4n) is 2.19. The molecule has 23 heavy (non-hydrogen) atoms. The van der Waals surface area contributed by atoms with E-state index < -0.39 is 5.69 Å². The zero-order chi connectivity index (χ0) is 16.4. The molecule has 0 spiro atoms. The number of rotatable bonds is 4. The largest absolute Gasteiger partial charge is 0.508 e. The van der Waals surface area contributed by atoms with Crippen LogP contribution in [0.4, 0.5) is 0 Å². The minimum absolute atomic E-state index is 0.139. The van der Waals surface area contributed by atoms with Crippen LogP contribution < -0.4 is 10.4 Å². The average molecular weight is 333 g/mol. The van der Waals surface area contributed by atoms with Crippen molar-refractivity contribution in [3.05, 3.63) is 63.0 Å². The van der Waals surface area contributed by atoms with Crippen LogP contribution in [-0.4, -0.2) is 25.3 Å². The summed E-state index contributed by atoms with van der Waals surface area (Å²) >= 11 is 6.24. The molecular weight excluding hydrogens is 320 g/mol. The Morgan fingerprint density at radius 3 is 2.87 bits per heavy atom. The number of nitrogens with one attached hydrogen (secondary N) is 1. The zero-order valence-corrected chi connectivity index (χ0v) is 12.9. The molecule has 0 amide bonds. The summed E-state index contributed by atoms with van der Waals surface area (Å²) in [6, 6.07) is 9.94. The number of tetrazole rings is 1. The first-order chi connectivity index (χ1) is 11.1. The van der Waals surface area contributed by atoms with Gasteiger partial charge in [0.1, 0.15) is 18.1 Å². The van der Waals surface area contributed by atoms with Crippen molar-refractivity contribution in [2.24, 2.45) is 0 Å². The number of phenolic OH excluding ortho intramolecular Hbond substituents is 1. The molecule has 0 atom stereocenters. The van der Waals surface area contributed by atoms with Gasteiger partial charge in [0.2, 0.25) is 0 Å². The number of nitrogens with zero attached hydrogens (tertiary/aromatic N) is 3. The van der Waals surface area contributed by atoms with Crippen LogP contribution in [0.3, 0.4) is 0 Å². The van der Waals surface area contributed by atoms with Crippen molar-refractivity contribution in [1.29, 1.82) is 0 Å². The number of benzene rings is 2. The Morgan fingerprint density at radius 2 is 2.17 bits per heavy atom. The molecule has 2 N–H and O–H groups in total. The van der Waals surface area contributed by atoms with Gasteiger partial charge in [-0.1, -0.05) is 17.7 Å². The Hall–Kier alpha value is -2.80. The van der Waals surface area contributed by atoms with Crippen molar-refractivity contribution >= 4 is 11.6 Å². The fourth-order valence-corrected chi connectivity index (χ4v) is 2.41. The summed E-state index contributed by atoms with van der Waals surface area (Å²) in [4.78, 5) is 11.7. The van der Waals surface area contributed by atoms with E-state index in [1.807, 2.05) is 6.92 Å². The van der Waals surface area contributed by atoms with E-state index in [1.54, 1.807) is 30.3 Å². The predicted molar refractivity (Wildman–Crippen MR) is 84.2 cm³/mol. The van der Waals surface area contributed by atoms with Gasteiger partial charge in [0, 0.05) is 10.6 Å². The van der Waals surface area contributed by atoms with Gasteiger partial charge in [-0.2, -0.15) is 4.68 Å². The molecule has 0 aliphatic rings. The monoisotopic (exact) mass is 332 g/mol. The number of aromatic hydroxyl groups is 1. The van der Waals surface area contributed by atoms with E-state index in [4.69, 9.17) is 16.3 Å². The maximum absolute atomic E-state index is 11.7. The molecule has 7 nitrogen and oxygen atoms in total. The Balaban J connectivity index is 1.94. The summed E-state index contributed by atoms with van der Waals surface area (Å²) in [5.74, 6) is 0.781. The van der Waals surface area contributed by atoms with Gasteiger partial charge in [0.15, 0.2) is 0 Å². The number of aromatic amines is 1. The molecular formula is C15H13ClN4O3. The summed E-state index contributed by atoms with van der Waals surface area (Å²) in [5.41, 5.74) is 1.43. The molecule has 118 valence electrons. The molecule has 3 rings (SSSR count). The first-order valence-corrected chi connectivity index (χ1v) is 7.14. The van der Waals surface area contributed by atoms with E-state index in [-0.39, 0.29) is 12.4 Å². The van der Waals surface area contributed by atoms with Gasteiger partial charge in [-0.25, -0.2) is 9.89 Å². The number of aromatic nitrogens is 4. The third-order valence-corrected chi connectivity index (χ3v) is 3.68. The maximum Gasteiger partial charge on any atom is 0.365 e. The van der Waals surface area contributed by atoms with E-state index in [0.29, 0.717) is 22.0 Å². The van der Waals surface area contributed by atoms with E-state index in [2.05, 4.69) is 15.5 Å². The third kappa shape index (κ3) is 3.04. The van der Waals surface area contributed by atoms with Crippen molar-refractivity contribution in [2.45, 2.75) is 13.5 Å².